The molecular formula is C12H8FNO2. The van der Waals surface area contributed by atoms with Crippen LogP contribution in [-0.2, 0) is 0 Å². The molecule has 0 fully saturated rings. The molecule has 0 saturated heterocycles. The van der Waals surface area contributed by atoms with Crippen LogP contribution in [0.5, 0.6) is 11.5 Å². The lowest BCUT2D eigenvalue weighted by Crippen LogP contribution is -1.72. The number of H-pyrrole nitrogens is 1. The fraction of sp³-hybridized carbons (Fsp3) is 0. The SMILES string of the molecule is Oc1ccc2c([nH]c3ccc(F)cc32)c1O. The fourth-order valence-corrected chi connectivity index (χ4v) is 1.91. The van der Waals surface area contributed by atoms with Gasteiger partial charge in [-0.3, -0.25) is 0 Å². The van der Waals surface area contributed by atoms with Gasteiger partial charge in [0.1, 0.15) is 5.82 Å². The van der Waals surface area contributed by atoms with Gasteiger partial charge in [-0.15, -0.1) is 0 Å². The molecule has 3 aromatic rings. The lowest BCUT2D eigenvalue weighted by molar-refractivity contribution is 0.407. The maximum Gasteiger partial charge on any atom is 0.182 e. The number of halogens is 1. The van der Waals surface area contributed by atoms with E-state index < -0.39 is 0 Å². The van der Waals surface area contributed by atoms with Crippen molar-refractivity contribution < 1.29 is 14.6 Å². The topological polar surface area (TPSA) is 56.2 Å². The Morgan fingerprint density at radius 2 is 1.81 bits per heavy atom. The summed E-state index contributed by atoms with van der Waals surface area (Å²) >= 11 is 0. The van der Waals surface area contributed by atoms with E-state index >= 15 is 0 Å². The zero-order valence-corrected chi connectivity index (χ0v) is 8.16. The maximum atomic E-state index is 13.1. The van der Waals surface area contributed by atoms with E-state index in [1.807, 2.05) is 0 Å². The van der Waals surface area contributed by atoms with Crippen molar-refractivity contribution in [3.8, 4) is 11.5 Å². The highest BCUT2D eigenvalue weighted by Gasteiger charge is 2.11. The van der Waals surface area contributed by atoms with Crippen molar-refractivity contribution >= 4 is 21.8 Å². The predicted molar refractivity (Wildman–Crippen MR) is 59.1 cm³/mol. The first-order chi connectivity index (χ1) is 7.66. The molecule has 3 N–H and O–H groups in total. The Morgan fingerprint density at radius 3 is 2.62 bits per heavy atom. The Kier molecular flexibility index (Phi) is 1.63. The molecule has 4 heteroatoms. The molecule has 1 aromatic heterocycles. The third kappa shape index (κ3) is 1.07. The van der Waals surface area contributed by atoms with Crippen LogP contribution < -0.4 is 0 Å². The van der Waals surface area contributed by atoms with Crippen LogP contribution in [0.2, 0.25) is 0 Å². The summed E-state index contributed by atoms with van der Waals surface area (Å²) in [7, 11) is 0. The maximum absolute atomic E-state index is 13.1. The number of phenolic OH excluding ortho intramolecular Hbond substituents is 2. The third-order valence-electron chi connectivity index (χ3n) is 2.69. The molecule has 0 unspecified atom stereocenters. The number of aromatic amines is 1. The van der Waals surface area contributed by atoms with Crippen LogP contribution in [-0.4, -0.2) is 15.2 Å². The summed E-state index contributed by atoms with van der Waals surface area (Å²) in [6.45, 7) is 0. The molecule has 0 aliphatic carbocycles. The molecule has 3 rings (SSSR count). The molecule has 0 saturated carbocycles. The van der Waals surface area contributed by atoms with E-state index in [1.54, 1.807) is 12.1 Å². The van der Waals surface area contributed by atoms with Gasteiger partial charge < -0.3 is 15.2 Å². The number of phenols is 2. The highest BCUT2D eigenvalue weighted by molar-refractivity contribution is 6.09. The summed E-state index contributed by atoms with van der Waals surface area (Å²) in [6, 6.07) is 7.36. The molecule has 0 atom stereocenters. The van der Waals surface area contributed by atoms with Gasteiger partial charge in [-0.1, -0.05) is 0 Å². The molecule has 80 valence electrons. The average molecular weight is 217 g/mol. The Balaban J connectivity index is 2.56. The summed E-state index contributed by atoms with van der Waals surface area (Å²) in [5, 5.41) is 20.4. The molecule has 0 amide bonds. The van der Waals surface area contributed by atoms with E-state index in [4.69, 9.17) is 0 Å². The van der Waals surface area contributed by atoms with Crippen molar-refractivity contribution in [1.82, 2.24) is 4.98 Å². The van der Waals surface area contributed by atoms with Crippen molar-refractivity contribution in [2.45, 2.75) is 0 Å². The van der Waals surface area contributed by atoms with Crippen molar-refractivity contribution in [1.29, 1.82) is 0 Å². The Morgan fingerprint density at radius 1 is 1.00 bits per heavy atom. The normalized spacial score (nSPS) is 11.3. The van der Waals surface area contributed by atoms with Gasteiger partial charge in [0.05, 0.1) is 5.52 Å². The number of nitrogens with one attached hydrogen (secondary N) is 1. The smallest absolute Gasteiger partial charge is 0.182 e. The van der Waals surface area contributed by atoms with Crippen molar-refractivity contribution in [2.24, 2.45) is 0 Å². The molecule has 0 bridgehead atoms. The molecule has 0 aliphatic rings. The zero-order valence-electron chi connectivity index (χ0n) is 8.16. The molecule has 0 spiro atoms. The second-order valence-electron chi connectivity index (χ2n) is 3.67. The van der Waals surface area contributed by atoms with Crippen LogP contribution in [0, 0.1) is 5.82 Å². The van der Waals surface area contributed by atoms with Gasteiger partial charge in [-0.25, -0.2) is 4.39 Å². The fourth-order valence-electron chi connectivity index (χ4n) is 1.91. The monoisotopic (exact) mass is 217 g/mol. The van der Waals surface area contributed by atoms with Gasteiger partial charge in [-0.2, -0.15) is 0 Å². The second-order valence-corrected chi connectivity index (χ2v) is 3.67. The lowest BCUT2D eigenvalue weighted by Gasteiger charge is -1.97. The summed E-state index contributed by atoms with van der Waals surface area (Å²) in [5.41, 5.74) is 1.14. The first-order valence-corrected chi connectivity index (χ1v) is 4.78. The largest absolute Gasteiger partial charge is 0.504 e. The van der Waals surface area contributed by atoms with Crippen LogP contribution in [0.25, 0.3) is 21.8 Å². The quantitative estimate of drug-likeness (QED) is 0.507. The molecule has 2 aromatic carbocycles. The minimum Gasteiger partial charge on any atom is -0.504 e. The van der Waals surface area contributed by atoms with E-state index in [-0.39, 0.29) is 17.3 Å². The standard InChI is InChI=1S/C12H8FNO2/c13-6-1-3-9-8(5-6)7-2-4-10(15)12(16)11(7)14-9/h1-5,14-16H. The van der Waals surface area contributed by atoms with Gasteiger partial charge in [0, 0.05) is 16.3 Å². The molecule has 0 aliphatic heterocycles. The number of hydrogen-bond donors (Lipinski definition) is 3. The molecule has 1 heterocycles. The lowest BCUT2D eigenvalue weighted by atomic mass is 10.1. The van der Waals surface area contributed by atoms with E-state index in [0.29, 0.717) is 16.3 Å². The van der Waals surface area contributed by atoms with Gasteiger partial charge in [0.2, 0.25) is 0 Å². The third-order valence-corrected chi connectivity index (χ3v) is 2.69. The number of benzene rings is 2. The van der Waals surface area contributed by atoms with Crippen molar-refractivity contribution in [3.05, 3.63) is 36.1 Å². The van der Waals surface area contributed by atoms with E-state index in [0.717, 1.165) is 5.52 Å². The van der Waals surface area contributed by atoms with Gasteiger partial charge in [-0.05, 0) is 30.3 Å². The number of hydrogen-bond acceptors (Lipinski definition) is 2. The first-order valence-electron chi connectivity index (χ1n) is 4.78. The number of fused-ring (bicyclic) bond motifs is 3. The van der Waals surface area contributed by atoms with Crippen molar-refractivity contribution in [2.75, 3.05) is 0 Å². The van der Waals surface area contributed by atoms with E-state index in [9.17, 15) is 14.6 Å². The van der Waals surface area contributed by atoms with Crippen LogP contribution in [0.3, 0.4) is 0 Å². The van der Waals surface area contributed by atoms with Crippen LogP contribution in [0.4, 0.5) is 4.39 Å². The van der Waals surface area contributed by atoms with E-state index in [2.05, 4.69) is 4.98 Å². The minimum absolute atomic E-state index is 0.195. The summed E-state index contributed by atoms with van der Waals surface area (Å²) in [4.78, 5) is 2.94. The average Bonchev–Trinajstić information content (AvgIpc) is 2.62. The van der Waals surface area contributed by atoms with Crippen LogP contribution >= 0.6 is 0 Å². The number of aromatic nitrogens is 1. The number of aromatic hydroxyl groups is 2. The second kappa shape index (κ2) is 2.88. The van der Waals surface area contributed by atoms with Gasteiger partial charge in [0.25, 0.3) is 0 Å². The predicted octanol–water partition coefficient (Wildman–Crippen LogP) is 2.87. The van der Waals surface area contributed by atoms with Gasteiger partial charge in [0.15, 0.2) is 11.5 Å². The molecule has 16 heavy (non-hydrogen) atoms. The molecule has 0 radical (unpaired) electrons. The first kappa shape index (κ1) is 9.03. The summed E-state index contributed by atoms with van der Waals surface area (Å²) in [6.07, 6.45) is 0. The number of rotatable bonds is 0. The highest BCUT2D eigenvalue weighted by Crippen LogP contribution is 2.36. The summed E-state index contributed by atoms with van der Waals surface area (Å²) < 4.78 is 13.1. The molecular weight excluding hydrogens is 209 g/mol. The molecule has 3 nitrogen and oxygen atoms in total. The highest BCUT2D eigenvalue weighted by atomic mass is 19.1. The van der Waals surface area contributed by atoms with Crippen molar-refractivity contribution in [3.63, 3.8) is 0 Å². The minimum atomic E-state index is -0.332. The Hall–Kier alpha value is -2.23. The van der Waals surface area contributed by atoms with Gasteiger partial charge >= 0.3 is 0 Å². The van der Waals surface area contributed by atoms with Crippen LogP contribution in [0.1, 0.15) is 0 Å². The Bertz CT molecular complexity index is 703. The summed E-state index contributed by atoms with van der Waals surface area (Å²) in [5.74, 6) is -0.741. The van der Waals surface area contributed by atoms with E-state index in [1.165, 1.54) is 18.2 Å². The zero-order chi connectivity index (χ0) is 11.3. The Labute approximate surface area is 89.8 Å². The van der Waals surface area contributed by atoms with Crippen LogP contribution in [0.15, 0.2) is 30.3 Å².